The Morgan fingerprint density at radius 1 is 1.57 bits per heavy atom. The predicted octanol–water partition coefficient (Wildman–Crippen LogP) is 0.514. The zero-order valence-electron chi connectivity index (χ0n) is 7.40. The first kappa shape index (κ1) is 10.2. The Bertz CT molecular complexity index is 390. The molecule has 0 aromatic carbocycles. The van der Waals surface area contributed by atoms with Crippen molar-refractivity contribution >= 4 is 5.97 Å². The summed E-state index contributed by atoms with van der Waals surface area (Å²) < 4.78 is 0. The standard InChI is InChI=1S/C10H9NO3/c12-7-2-1-4-8-5-3-6-11-9(8)10(13)14/h3,5-6,12H,2,7H2,(H,13,14). The van der Waals surface area contributed by atoms with Crippen molar-refractivity contribution in [3.63, 3.8) is 0 Å². The van der Waals surface area contributed by atoms with Crippen molar-refractivity contribution in [2.45, 2.75) is 6.42 Å². The average molecular weight is 191 g/mol. The van der Waals surface area contributed by atoms with Crippen LogP contribution in [0.25, 0.3) is 0 Å². The summed E-state index contributed by atoms with van der Waals surface area (Å²) >= 11 is 0. The number of carboxylic acids is 1. The second-order valence-electron chi connectivity index (χ2n) is 2.48. The van der Waals surface area contributed by atoms with Crippen LogP contribution in [0.4, 0.5) is 0 Å². The second kappa shape index (κ2) is 5.00. The van der Waals surface area contributed by atoms with E-state index in [1.54, 1.807) is 12.1 Å². The molecule has 1 heterocycles. The Hall–Kier alpha value is -1.86. The van der Waals surface area contributed by atoms with Crippen LogP contribution >= 0.6 is 0 Å². The van der Waals surface area contributed by atoms with Crippen LogP contribution in [0.1, 0.15) is 22.5 Å². The van der Waals surface area contributed by atoms with Gasteiger partial charge in [0.15, 0.2) is 5.69 Å². The Labute approximate surface area is 81.2 Å². The molecule has 4 heteroatoms. The zero-order chi connectivity index (χ0) is 10.4. The normalized spacial score (nSPS) is 8.93. The number of aromatic nitrogens is 1. The van der Waals surface area contributed by atoms with Crippen molar-refractivity contribution < 1.29 is 15.0 Å². The van der Waals surface area contributed by atoms with E-state index in [2.05, 4.69) is 16.8 Å². The summed E-state index contributed by atoms with van der Waals surface area (Å²) in [5, 5.41) is 17.2. The van der Waals surface area contributed by atoms with Crippen LogP contribution in [0, 0.1) is 11.8 Å². The average Bonchev–Trinajstić information content (AvgIpc) is 2.19. The third kappa shape index (κ3) is 2.57. The molecule has 0 unspecified atom stereocenters. The first-order chi connectivity index (χ1) is 6.75. The van der Waals surface area contributed by atoms with Crippen LogP contribution in [0.5, 0.6) is 0 Å². The molecular formula is C10H9NO3. The zero-order valence-corrected chi connectivity index (χ0v) is 7.40. The number of aliphatic hydroxyl groups excluding tert-OH is 1. The molecule has 0 aliphatic rings. The molecule has 4 nitrogen and oxygen atoms in total. The number of hydrogen-bond acceptors (Lipinski definition) is 3. The number of carbonyl (C=O) groups is 1. The van der Waals surface area contributed by atoms with E-state index >= 15 is 0 Å². The summed E-state index contributed by atoms with van der Waals surface area (Å²) in [6, 6.07) is 3.20. The molecule has 72 valence electrons. The van der Waals surface area contributed by atoms with Crippen molar-refractivity contribution in [2.24, 2.45) is 0 Å². The van der Waals surface area contributed by atoms with Gasteiger partial charge in [0.25, 0.3) is 0 Å². The van der Waals surface area contributed by atoms with Gasteiger partial charge in [-0.3, -0.25) is 0 Å². The fraction of sp³-hybridized carbons (Fsp3) is 0.200. The van der Waals surface area contributed by atoms with Gasteiger partial charge in [-0.05, 0) is 12.1 Å². The largest absolute Gasteiger partial charge is 0.476 e. The number of hydrogen-bond donors (Lipinski definition) is 2. The van der Waals surface area contributed by atoms with Crippen LogP contribution < -0.4 is 0 Å². The van der Waals surface area contributed by atoms with Crippen LogP contribution in [0.3, 0.4) is 0 Å². The Balaban J connectivity index is 2.97. The fourth-order valence-electron chi connectivity index (χ4n) is 0.890. The van der Waals surface area contributed by atoms with Crippen LogP contribution in [-0.2, 0) is 0 Å². The predicted molar refractivity (Wildman–Crippen MR) is 49.8 cm³/mol. The molecule has 0 atom stereocenters. The highest BCUT2D eigenvalue weighted by atomic mass is 16.4. The van der Waals surface area contributed by atoms with E-state index in [1.807, 2.05) is 0 Å². The molecule has 0 saturated heterocycles. The lowest BCUT2D eigenvalue weighted by molar-refractivity contribution is 0.0690. The number of nitrogens with zero attached hydrogens (tertiary/aromatic N) is 1. The van der Waals surface area contributed by atoms with E-state index in [-0.39, 0.29) is 12.3 Å². The summed E-state index contributed by atoms with van der Waals surface area (Å²) in [5.41, 5.74) is 0.311. The molecule has 0 spiro atoms. The smallest absolute Gasteiger partial charge is 0.355 e. The van der Waals surface area contributed by atoms with E-state index in [9.17, 15) is 4.79 Å². The number of carboxylic acid groups (broad SMARTS) is 1. The number of aromatic carboxylic acids is 1. The molecule has 0 aliphatic carbocycles. The summed E-state index contributed by atoms with van der Waals surface area (Å²) in [4.78, 5) is 14.4. The first-order valence-corrected chi connectivity index (χ1v) is 4.03. The monoisotopic (exact) mass is 191 g/mol. The summed E-state index contributed by atoms with van der Waals surface area (Å²) in [5.74, 6) is 4.19. The summed E-state index contributed by atoms with van der Waals surface area (Å²) in [7, 11) is 0. The lowest BCUT2D eigenvalue weighted by Crippen LogP contribution is -2.02. The lowest BCUT2D eigenvalue weighted by Gasteiger charge is -1.95. The lowest BCUT2D eigenvalue weighted by atomic mass is 10.2. The highest BCUT2D eigenvalue weighted by Crippen LogP contribution is 2.02. The van der Waals surface area contributed by atoms with Gasteiger partial charge in [-0.25, -0.2) is 9.78 Å². The summed E-state index contributed by atoms with van der Waals surface area (Å²) in [6.07, 6.45) is 1.73. The highest BCUT2D eigenvalue weighted by Gasteiger charge is 2.07. The third-order valence-corrected chi connectivity index (χ3v) is 1.47. The molecule has 2 N–H and O–H groups in total. The van der Waals surface area contributed by atoms with Gasteiger partial charge in [0.05, 0.1) is 12.2 Å². The topological polar surface area (TPSA) is 70.4 Å². The minimum atomic E-state index is -1.10. The van der Waals surface area contributed by atoms with Crippen molar-refractivity contribution in [2.75, 3.05) is 6.61 Å². The van der Waals surface area contributed by atoms with Crippen molar-refractivity contribution in [1.29, 1.82) is 0 Å². The molecular weight excluding hydrogens is 182 g/mol. The van der Waals surface area contributed by atoms with E-state index in [1.165, 1.54) is 6.20 Å². The molecule has 0 radical (unpaired) electrons. The van der Waals surface area contributed by atoms with E-state index in [4.69, 9.17) is 10.2 Å². The molecule has 0 fully saturated rings. The molecule has 1 rings (SSSR count). The fourth-order valence-corrected chi connectivity index (χ4v) is 0.890. The molecule has 0 amide bonds. The Morgan fingerprint density at radius 3 is 3.00 bits per heavy atom. The number of pyridine rings is 1. The molecule has 0 bridgehead atoms. The second-order valence-corrected chi connectivity index (χ2v) is 2.48. The van der Waals surface area contributed by atoms with Gasteiger partial charge in [0.1, 0.15) is 0 Å². The van der Waals surface area contributed by atoms with Gasteiger partial charge in [0.2, 0.25) is 0 Å². The van der Waals surface area contributed by atoms with Crippen LogP contribution in [-0.4, -0.2) is 27.8 Å². The number of aliphatic hydroxyl groups is 1. The van der Waals surface area contributed by atoms with E-state index in [0.29, 0.717) is 12.0 Å². The highest BCUT2D eigenvalue weighted by molar-refractivity contribution is 5.88. The first-order valence-electron chi connectivity index (χ1n) is 4.03. The maximum Gasteiger partial charge on any atom is 0.355 e. The molecule has 14 heavy (non-hydrogen) atoms. The SMILES string of the molecule is O=C(O)c1ncccc1C#CCCO. The quantitative estimate of drug-likeness (QED) is 0.668. The number of rotatable bonds is 2. The van der Waals surface area contributed by atoms with Crippen LogP contribution in [0.15, 0.2) is 18.3 Å². The maximum atomic E-state index is 10.7. The molecule has 1 aromatic heterocycles. The van der Waals surface area contributed by atoms with Gasteiger partial charge in [-0.15, -0.1) is 0 Å². The van der Waals surface area contributed by atoms with Crippen LogP contribution in [0.2, 0.25) is 0 Å². The third-order valence-electron chi connectivity index (χ3n) is 1.47. The van der Waals surface area contributed by atoms with E-state index in [0.717, 1.165) is 0 Å². The van der Waals surface area contributed by atoms with Gasteiger partial charge >= 0.3 is 5.97 Å². The van der Waals surface area contributed by atoms with Crippen molar-refractivity contribution in [3.05, 3.63) is 29.6 Å². The molecule has 0 aliphatic heterocycles. The minimum Gasteiger partial charge on any atom is -0.476 e. The Morgan fingerprint density at radius 2 is 2.36 bits per heavy atom. The van der Waals surface area contributed by atoms with Gasteiger partial charge < -0.3 is 10.2 Å². The van der Waals surface area contributed by atoms with Gasteiger partial charge in [-0.2, -0.15) is 0 Å². The summed E-state index contributed by atoms with van der Waals surface area (Å²) in [6.45, 7) is -0.0321. The molecule has 0 saturated carbocycles. The van der Waals surface area contributed by atoms with Gasteiger partial charge in [-0.1, -0.05) is 11.8 Å². The van der Waals surface area contributed by atoms with Gasteiger partial charge in [0, 0.05) is 12.6 Å². The van der Waals surface area contributed by atoms with Crippen molar-refractivity contribution in [1.82, 2.24) is 4.98 Å². The minimum absolute atomic E-state index is 0.0321. The molecule has 1 aromatic rings. The van der Waals surface area contributed by atoms with Crippen molar-refractivity contribution in [3.8, 4) is 11.8 Å². The van der Waals surface area contributed by atoms with E-state index < -0.39 is 5.97 Å². The Kier molecular flexibility index (Phi) is 3.65. The maximum absolute atomic E-state index is 10.7.